The third-order valence-electron chi connectivity index (χ3n) is 5.13. The van der Waals surface area contributed by atoms with Crippen molar-refractivity contribution in [2.45, 2.75) is 63.7 Å². The second-order valence-corrected chi connectivity index (χ2v) is 8.63. The van der Waals surface area contributed by atoms with E-state index < -0.39 is 35.9 Å². The van der Waals surface area contributed by atoms with Gasteiger partial charge in [-0.25, -0.2) is 9.78 Å². The van der Waals surface area contributed by atoms with Crippen LogP contribution in [-0.2, 0) is 25.6 Å². The molecule has 0 aromatic carbocycles. The first kappa shape index (κ1) is 25.7. The first-order valence-electron chi connectivity index (χ1n) is 10.7. The number of amides is 3. The van der Waals surface area contributed by atoms with Gasteiger partial charge in [0.25, 0.3) is 0 Å². The van der Waals surface area contributed by atoms with Crippen LogP contribution in [0.5, 0.6) is 0 Å². The molecule has 1 aromatic rings. The molecule has 0 aliphatic carbocycles. The number of rotatable bonds is 12. The summed E-state index contributed by atoms with van der Waals surface area (Å²) in [6.07, 6.45) is 4.88. The molecule has 178 valence electrons. The number of nitrogens with one attached hydrogen (secondary N) is 5. The Morgan fingerprint density at radius 2 is 1.84 bits per heavy atom. The number of aromatic nitrogens is 2. The Morgan fingerprint density at radius 3 is 2.38 bits per heavy atom. The maximum absolute atomic E-state index is 12.9. The average molecular weight is 469 g/mol. The number of carboxylic acid groups (broad SMARTS) is 1. The van der Waals surface area contributed by atoms with Gasteiger partial charge in [-0.1, -0.05) is 13.8 Å². The molecule has 4 unspecified atom stereocenters. The second-order valence-electron chi connectivity index (χ2n) is 8.26. The van der Waals surface area contributed by atoms with E-state index in [1.54, 1.807) is 0 Å². The Kier molecular flexibility index (Phi) is 9.97. The van der Waals surface area contributed by atoms with E-state index >= 15 is 0 Å². The maximum atomic E-state index is 12.9. The number of hydrogen-bond acceptors (Lipinski definition) is 7. The van der Waals surface area contributed by atoms with Crippen LogP contribution >= 0.6 is 12.6 Å². The van der Waals surface area contributed by atoms with Gasteiger partial charge in [-0.15, -0.1) is 0 Å². The van der Waals surface area contributed by atoms with E-state index in [0.717, 1.165) is 13.0 Å². The van der Waals surface area contributed by atoms with Crippen molar-refractivity contribution < 1.29 is 24.3 Å². The average Bonchev–Trinajstić information content (AvgIpc) is 3.44. The highest BCUT2D eigenvalue weighted by Crippen LogP contribution is 2.09. The topological polar surface area (TPSA) is 165 Å². The minimum Gasteiger partial charge on any atom is -0.480 e. The highest BCUT2D eigenvalue weighted by Gasteiger charge is 2.31. The molecule has 2 rings (SSSR count). The van der Waals surface area contributed by atoms with Crippen LogP contribution < -0.4 is 21.3 Å². The summed E-state index contributed by atoms with van der Waals surface area (Å²) >= 11 is 4.14. The fraction of sp³-hybridized carbons (Fsp3) is 0.650. The largest absolute Gasteiger partial charge is 0.480 e. The Bertz CT molecular complexity index is 781. The third kappa shape index (κ3) is 7.83. The fourth-order valence-electron chi connectivity index (χ4n) is 3.44. The van der Waals surface area contributed by atoms with E-state index in [0.29, 0.717) is 18.5 Å². The van der Waals surface area contributed by atoms with Gasteiger partial charge in [-0.2, -0.15) is 12.6 Å². The van der Waals surface area contributed by atoms with Crippen molar-refractivity contribution in [3.63, 3.8) is 0 Å². The Morgan fingerprint density at radius 1 is 1.16 bits per heavy atom. The molecular weight excluding hydrogens is 436 g/mol. The molecule has 32 heavy (non-hydrogen) atoms. The molecule has 0 radical (unpaired) electrons. The van der Waals surface area contributed by atoms with E-state index in [1.165, 1.54) is 12.5 Å². The molecule has 2 heterocycles. The fourth-order valence-corrected chi connectivity index (χ4v) is 3.70. The Hall–Kier alpha value is -2.60. The zero-order valence-electron chi connectivity index (χ0n) is 18.3. The van der Waals surface area contributed by atoms with Crippen molar-refractivity contribution in [3.05, 3.63) is 18.2 Å². The SMILES string of the molecule is CC(C)CC(NC(=O)C1CCCN1)C(=O)NC(CS)C(=O)NC(Cc1cnc[nH]1)C(=O)O. The molecule has 1 saturated heterocycles. The van der Waals surface area contributed by atoms with Crippen molar-refractivity contribution in [2.24, 2.45) is 5.92 Å². The lowest BCUT2D eigenvalue weighted by Crippen LogP contribution is -2.58. The summed E-state index contributed by atoms with van der Waals surface area (Å²) in [5.41, 5.74) is 0.546. The summed E-state index contributed by atoms with van der Waals surface area (Å²) in [7, 11) is 0. The standard InChI is InChI=1S/C20H32N6O5S/c1-11(2)6-14(24-17(27)13-4-3-5-22-13)18(28)26-16(9-32)19(29)25-15(20(30)31)7-12-8-21-10-23-12/h8,10-11,13-16,22,32H,3-7,9H2,1-2H3,(H,21,23)(H,24,27)(H,25,29)(H,26,28)(H,30,31). The van der Waals surface area contributed by atoms with Crippen molar-refractivity contribution in [2.75, 3.05) is 12.3 Å². The van der Waals surface area contributed by atoms with Gasteiger partial charge in [-0.3, -0.25) is 14.4 Å². The molecular formula is C20H32N6O5S. The van der Waals surface area contributed by atoms with Crippen LogP contribution in [0.4, 0.5) is 0 Å². The van der Waals surface area contributed by atoms with Crippen LogP contribution in [0.15, 0.2) is 12.5 Å². The van der Waals surface area contributed by atoms with Gasteiger partial charge >= 0.3 is 5.97 Å². The number of carbonyl (C=O) groups is 4. The number of H-pyrrole nitrogens is 1. The monoisotopic (exact) mass is 468 g/mol. The van der Waals surface area contributed by atoms with Crippen LogP contribution in [0.1, 0.15) is 38.8 Å². The van der Waals surface area contributed by atoms with Crippen molar-refractivity contribution >= 4 is 36.3 Å². The van der Waals surface area contributed by atoms with Crippen molar-refractivity contribution in [1.82, 2.24) is 31.2 Å². The van der Waals surface area contributed by atoms with Gasteiger partial charge in [0.2, 0.25) is 17.7 Å². The van der Waals surface area contributed by atoms with E-state index in [1.807, 2.05) is 13.8 Å². The van der Waals surface area contributed by atoms with Crippen LogP contribution in [0.2, 0.25) is 0 Å². The summed E-state index contributed by atoms with van der Waals surface area (Å²) in [5.74, 6) is -2.57. The Balaban J connectivity index is 2.00. The van der Waals surface area contributed by atoms with Crippen LogP contribution in [0.25, 0.3) is 0 Å². The molecule has 0 bridgehead atoms. The van der Waals surface area contributed by atoms with Gasteiger partial charge in [0.1, 0.15) is 18.1 Å². The highest BCUT2D eigenvalue weighted by atomic mass is 32.1. The maximum Gasteiger partial charge on any atom is 0.326 e. The highest BCUT2D eigenvalue weighted by molar-refractivity contribution is 7.80. The van der Waals surface area contributed by atoms with Crippen LogP contribution in [0.3, 0.4) is 0 Å². The Labute approximate surface area is 192 Å². The minimum atomic E-state index is -1.22. The van der Waals surface area contributed by atoms with E-state index in [9.17, 15) is 24.3 Å². The van der Waals surface area contributed by atoms with Crippen LogP contribution in [-0.4, -0.2) is 75.2 Å². The van der Waals surface area contributed by atoms with E-state index in [4.69, 9.17) is 0 Å². The van der Waals surface area contributed by atoms with E-state index in [-0.39, 0.29) is 30.0 Å². The summed E-state index contributed by atoms with van der Waals surface area (Å²) in [4.78, 5) is 56.2. The van der Waals surface area contributed by atoms with Gasteiger partial charge < -0.3 is 31.4 Å². The number of carbonyl (C=O) groups excluding carboxylic acids is 3. The first-order valence-corrected chi connectivity index (χ1v) is 11.3. The number of aromatic amines is 1. The summed E-state index contributed by atoms with van der Waals surface area (Å²) in [6.45, 7) is 4.61. The summed E-state index contributed by atoms with van der Waals surface area (Å²) < 4.78 is 0. The van der Waals surface area contributed by atoms with Gasteiger partial charge in [0, 0.05) is 24.1 Å². The minimum absolute atomic E-state index is 0.00866. The first-order chi connectivity index (χ1) is 15.2. The number of carboxylic acids is 1. The molecule has 11 nitrogen and oxygen atoms in total. The normalized spacial score (nSPS) is 18.6. The quantitative estimate of drug-likeness (QED) is 0.198. The summed E-state index contributed by atoms with van der Waals surface area (Å²) in [6, 6.07) is -3.42. The predicted octanol–water partition coefficient (Wildman–Crippen LogP) is -0.781. The van der Waals surface area contributed by atoms with Crippen LogP contribution in [0, 0.1) is 5.92 Å². The molecule has 3 amide bonds. The lowest BCUT2D eigenvalue weighted by atomic mass is 10.0. The molecule has 1 aromatic heterocycles. The lowest BCUT2D eigenvalue weighted by molar-refractivity contribution is -0.142. The number of nitrogens with zero attached hydrogens (tertiary/aromatic N) is 1. The second kappa shape index (κ2) is 12.4. The molecule has 6 N–H and O–H groups in total. The molecule has 1 fully saturated rings. The van der Waals surface area contributed by atoms with Gasteiger partial charge in [0.05, 0.1) is 12.4 Å². The number of hydrogen-bond donors (Lipinski definition) is 7. The lowest BCUT2D eigenvalue weighted by Gasteiger charge is -2.25. The smallest absolute Gasteiger partial charge is 0.326 e. The van der Waals surface area contributed by atoms with Gasteiger partial charge in [0.15, 0.2) is 0 Å². The van der Waals surface area contributed by atoms with E-state index in [2.05, 4.69) is 43.9 Å². The van der Waals surface area contributed by atoms with Crippen molar-refractivity contribution in [3.8, 4) is 0 Å². The number of imidazole rings is 1. The zero-order valence-corrected chi connectivity index (χ0v) is 19.2. The van der Waals surface area contributed by atoms with Gasteiger partial charge in [-0.05, 0) is 31.7 Å². The third-order valence-corrected chi connectivity index (χ3v) is 5.49. The molecule has 1 aliphatic heterocycles. The zero-order chi connectivity index (χ0) is 23.7. The van der Waals surface area contributed by atoms with Crippen molar-refractivity contribution in [1.29, 1.82) is 0 Å². The molecule has 4 atom stereocenters. The predicted molar refractivity (Wildman–Crippen MR) is 120 cm³/mol. The molecule has 0 saturated carbocycles. The number of thiol groups is 1. The molecule has 0 spiro atoms. The molecule has 1 aliphatic rings. The number of aliphatic carboxylic acids is 1. The molecule has 12 heteroatoms. The summed E-state index contributed by atoms with van der Waals surface area (Å²) in [5, 5.41) is 20.3.